The van der Waals surface area contributed by atoms with Gasteiger partial charge in [-0.15, -0.1) is 0 Å². The van der Waals surface area contributed by atoms with Crippen LogP contribution in [0.5, 0.6) is 0 Å². The molecule has 0 aromatic carbocycles. The van der Waals surface area contributed by atoms with Crippen LogP contribution in [-0.2, 0) is 14.3 Å². The average Bonchev–Trinajstić information content (AvgIpc) is 2.57. The summed E-state index contributed by atoms with van der Waals surface area (Å²) in [5, 5.41) is 0. The molecule has 4 bridgehead atoms. The molecule has 4 saturated carbocycles. The maximum absolute atomic E-state index is 11.9. The number of hydrogen-bond acceptors (Lipinski definition) is 3. The van der Waals surface area contributed by atoms with Gasteiger partial charge in [-0.05, 0) is 24.7 Å². The summed E-state index contributed by atoms with van der Waals surface area (Å²) in [6.07, 6.45) is 1.47. The van der Waals surface area contributed by atoms with Gasteiger partial charge in [-0.3, -0.25) is 9.59 Å². The molecule has 5 atom stereocenters. The van der Waals surface area contributed by atoms with Gasteiger partial charge in [0.25, 0.3) is 0 Å². The number of Topliss-reactive ketones (excluding diaryl/α,β-unsaturated/α-hetero) is 1. The van der Waals surface area contributed by atoms with Crippen LogP contribution in [0.2, 0.25) is 0 Å². The highest BCUT2D eigenvalue weighted by Crippen LogP contribution is 2.78. The topological polar surface area (TPSA) is 43.4 Å². The molecule has 3 nitrogen and oxygen atoms in total. The first kappa shape index (κ1) is 9.37. The molecule has 0 amide bonds. The maximum atomic E-state index is 11.9. The van der Waals surface area contributed by atoms with E-state index in [0.717, 1.165) is 6.42 Å². The highest BCUT2D eigenvalue weighted by atomic mass is 16.5. The molecule has 0 heterocycles. The molecule has 1 unspecified atom stereocenters. The Hall–Kier alpha value is -0.860. The highest BCUT2D eigenvalue weighted by Gasteiger charge is 2.80. The van der Waals surface area contributed by atoms with E-state index in [1.54, 1.807) is 0 Å². The van der Waals surface area contributed by atoms with Crippen LogP contribution in [0, 0.1) is 22.7 Å². The number of carbonyl (C=O) groups excluding carboxylic acids is 2. The Labute approximate surface area is 89.2 Å². The monoisotopic (exact) mass is 208 g/mol. The van der Waals surface area contributed by atoms with Gasteiger partial charge in [0.2, 0.25) is 0 Å². The standard InChI is InChI=1S/C12H16O3/c1-6(13)15-10-9-7-4-8(14)12(10,3)5-11(7,9)2/h7,9-10H,4-5H2,1-3H3/t7-,9?,10+,11+,12+/m0/s1. The minimum absolute atomic E-state index is 0.147. The van der Waals surface area contributed by atoms with Gasteiger partial charge in [-0.2, -0.15) is 0 Å². The molecule has 0 aromatic heterocycles. The maximum Gasteiger partial charge on any atom is 0.302 e. The molecular formula is C12H16O3. The van der Waals surface area contributed by atoms with Crippen molar-refractivity contribution < 1.29 is 14.3 Å². The first-order valence-corrected chi connectivity index (χ1v) is 5.60. The summed E-state index contributed by atoms with van der Waals surface area (Å²) >= 11 is 0. The first-order chi connectivity index (χ1) is 6.89. The molecule has 15 heavy (non-hydrogen) atoms. The molecule has 0 aliphatic heterocycles. The van der Waals surface area contributed by atoms with Crippen LogP contribution in [0.4, 0.5) is 0 Å². The van der Waals surface area contributed by atoms with Crippen molar-refractivity contribution in [2.24, 2.45) is 22.7 Å². The lowest BCUT2D eigenvalue weighted by atomic mass is 9.68. The van der Waals surface area contributed by atoms with Crippen molar-refractivity contribution in [1.82, 2.24) is 0 Å². The van der Waals surface area contributed by atoms with Crippen LogP contribution in [-0.4, -0.2) is 17.9 Å². The fourth-order valence-electron chi connectivity index (χ4n) is 4.23. The molecule has 4 fully saturated rings. The Morgan fingerprint density at radius 3 is 2.73 bits per heavy atom. The molecule has 4 rings (SSSR count). The third-order valence-corrected chi connectivity index (χ3v) is 4.97. The van der Waals surface area contributed by atoms with Crippen molar-refractivity contribution in [3.63, 3.8) is 0 Å². The lowest BCUT2D eigenvalue weighted by Gasteiger charge is -2.38. The summed E-state index contributed by atoms with van der Waals surface area (Å²) in [5.74, 6) is 0.973. The van der Waals surface area contributed by atoms with Crippen molar-refractivity contribution in [3.05, 3.63) is 0 Å². The van der Waals surface area contributed by atoms with Crippen LogP contribution in [0.3, 0.4) is 0 Å². The van der Waals surface area contributed by atoms with E-state index in [4.69, 9.17) is 4.74 Å². The van der Waals surface area contributed by atoms with Crippen LogP contribution >= 0.6 is 0 Å². The molecule has 0 radical (unpaired) electrons. The number of ketones is 1. The summed E-state index contributed by atoms with van der Waals surface area (Å²) in [4.78, 5) is 23.0. The van der Waals surface area contributed by atoms with E-state index in [2.05, 4.69) is 6.92 Å². The Balaban J connectivity index is 1.97. The van der Waals surface area contributed by atoms with Crippen LogP contribution < -0.4 is 0 Å². The Bertz CT molecular complexity index is 375. The quantitative estimate of drug-likeness (QED) is 0.614. The molecule has 3 heteroatoms. The number of carbonyl (C=O) groups is 2. The molecule has 0 spiro atoms. The van der Waals surface area contributed by atoms with E-state index in [1.807, 2.05) is 6.92 Å². The second-order valence-corrected chi connectivity index (χ2v) is 5.89. The number of rotatable bonds is 1. The van der Waals surface area contributed by atoms with Gasteiger partial charge in [0.05, 0.1) is 5.41 Å². The van der Waals surface area contributed by atoms with Crippen LogP contribution in [0.25, 0.3) is 0 Å². The number of ether oxygens (including phenoxy) is 1. The SMILES string of the molecule is CC(=O)O[C@@H]1C2[C@@H]3CC(=O)[C@@]1(C)C[C@@]23C. The zero-order valence-corrected chi connectivity index (χ0v) is 9.37. The molecule has 0 aromatic rings. The number of fused-ring (bicyclic) bond motifs is 1. The van der Waals surface area contributed by atoms with E-state index in [0.29, 0.717) is 24.0 Å². The van der Waals surface area contributed by atoms with Crippen LogP contribution in [0.1, 0.15) is 33.6 Å². The summed E-state index contributed by atoms with van der Waals surface area (Å²) < 4.78 is 5.38. The Morgan fingerprint density at radius 2 is 2.13 bits per heavy atom. The Kier molecular flexibility index (Phi) is 1.42. The fraction of sp³-hybridized carbons (Fsp3) is 0.833. The normalized spacial score (nSPS) is 55.4. The predicted octanol–water partition coefficient (Wildman–Crippen LogP) is 1.55. The lowest BCUT2D eigenvalue weighted by Crippen LogP contribution is -2.46. The zero-order chi connectivity index (χ0) is 11.0. The van der Waals surface area contributed by atoms with Gasteiger partial charge in [-0.1, -0.05) is 6.92 Å². The minimum atomic E-state index is -0.389. The van der Waals surface area contributed by atoms with Gasteiger partial charge < -0.3 is 4.74 Å². The number of hydrogen-bond donors (Lipinski definition) is 0. The summed E-state index contributed by atoms with van der Waals surface area (Å²) in [6, 6.07) is 0. The molecule has 4 aliphatic carbocycles. The van der Waals surface area contributed by atoms with Crippen LogP contribution in [0.15, 0.2) is 0 Å². The third-order valence-electron chi connectivity index (χ3n) is 4.97. The lowest BCUT2D eigenvalue weighted by molar-refractivity contribution is -0.161. The van der Waals surface area contributed by atoms with E-state index in [-0.39, 0.29) is 22.9 Å². The summed E-state index contributed by atoms with van der Waals surface area (Å²) in [7, 11) is 0. The Morgan fingerprint density at radius 1 is 1.47 bits per heavy atom. The number of esters is 1. The van der Waals surface area contributed by atoms with E-state index in [9.17, 15) is 9.59 Å². The first-order valence-electron chi connectivity index (χ1n) is 5.60. The van der Waals surface area contributed by atoms with E-state index in [1.165, 1.54) is 6.92 Å². The molecule has 0 N–H and O–H groups in total. The largest absolute Gasteiger partial charge is 0.461 e. The van der Waals surface area contributed by atoms with Gasteiger partial charge in [0, 0.05) is 19.3 Å². The second kappa shape index (κ2) is 2.28. The van der Waals surface area contributed by atoms with Gasteiger partial charge in [0.15, 0.2) is 0 Å². The molecular weight excluding hydrogens is 192 g/mol. The van der Waals surface area contributed by atoms with Crippen molar-refractivity contribution >= 4 is 11.8 Å². The molecule has 0 saturated heterocycles. The minimum Gasteiger partial charge on any atom is -0.461 e. The molecule has 82 valence electrons. The van der Waals surface area contributed by atoms with E-state index >= 15 is 0 Å². The predicted molar refractivity (Wildman–Crippen MR) is 53.0 cm³/mol. The van der Waals surface area contributed by atoms with Gasteiger partial charge in [-0.25, -0.2) is 0 Å². The second-order valence-electron chi connectivity index (χ2n) is 5.89. The smallest absolute Gasteiger partial charge is 0.302 e. The highest BCUT2D eigenvalue weighted by molar-refractivity contribution is 5.90. The molecule has 4 aliphatic rings. The van der Waals surface area contributed by atoms with Gasteiger partial charge >= 0.3 is 5.97 Å². The van der Waals surface area contributed by atoms with Crippen molar-refractivity contribution in [1.29, 1.82) is 0 Å². The third kappa shape index (κ3) is 0.876. The van der Waals surface area contributed by atoms with Gasteiger partial charge in [0.1, 0.15) is 11.9 Å². The van der Waals surface area contributed by atoms with Crippen molar-refractivity contribution in [2.45, 2.75) is 39.7 Å². The fourth-order valence-corrected chi connectivity index (χ4v) is 4.23. The van der Waals surface area contributed by atoms with Crippen molar-refractivity contribution in [3.8, 4) is 0 Å². The summed E-state index contributed by atoms with van der Waals surface area (Å²) in [5.41, 5.74) is -0.109. The van der Waals surface area contributed by atoms with E-state index < -0.39 is 0 Å². The zero-order valence-electron chi connectivity index (χ0n) is 9.37. The average molecular weight is 208 g/mol. The summed E-state index contributed by atoms with van der Waals surface area (Å²) in [6.45, 7) is 5.63. The van der Waals surface area contributed by atoms with Crippen molar-refractivity contribution in [2.75, 3.05) is 0 Å².